The zero-order chi connectivity index (χ0) is 21.7. The monoisotopic (exact) mass is 413 g/mol. The van der Waals surface area contributed by atoms with Gasteiger partial charge in [-0.1, -0.05) is 18.2 Å². The number of carbonyl (C=O) groups is 1. The summed E-state index contributed by atoms with van der Waals surface area (Å²) in [4.78, 5) is 15.0. The molecular formula is C24H25F2NO3. The maximum Gasteiger partial charge on any atom is 0.387 e. The average molecular weight is 413 g/mol. The predicted molar refractivity (Wildman–Crippen MR) is 115 cm³/mol. The number of halogens is 2. The first-order chi connectivity index (χ1) is 14.4. The van der Waals surface area contributed by atoms with Crippen LogP contribution in [0.2, 0.25) is 0 Å². The number of Topliss-reactive ketones (excluding diaryl/α,β-unsaturated/α-hetero) is 1. The Morgan fingerprint density at radius 3 is 2.10 bits per heavy atom. The van der Waals surface area contributed by atoms with Crippen molar-refractivity contribution in [1.82, 2.24) is 0 Å². The van der Waals surface area contributed by atoms with Crippen molar-refractivity contribution in [1.29, 1.82) is 0 Å². The van der Waals surface area contributed by atoms with Gasteiger partial charge in [-0.05, 0) is 66.8 Å². The van der Waals surface area contributed by atoms with Crippen LogP contribution in [0.3, 0.4) is 0 Å². The summed E-state index contributed by atoms with van der Waals surface area (Å²) in [5.74, 6) is 0.181. The van der Waals surface area contributed by atoms with Gasteiger partial charge in [-0.3, -0.25) is 4.79 Å². The van der Waals surface area contributed by atoms with Crippen LogP contribution in [0.15, 0.2) is 53.6 Å². The fourth-order valence-corrected chi connectivity index (χ4v) is 3.42. The van der Waals surface area contributed by atoms with E-state index in [4.69, 9.17) is 4.74 Å². The number of hydrogen-bond donors (Lipinski definition) is 0. The van der Waals surface area contributed by atoms with Crippen molar-refractivity contribution < 1.29 is 23.0 Å². The number of carbonyl (C=O) groups excluding carboxylic acids is 1. The van der Waals surface area contributed by atoms with Gasteiger partial charge >= 0.3 is 6.61 Å². The van der Waals surface area contributed by atoms with E-state index in [1.54, 1.807) is 18.2 Å². The van der Waals surface area contributed by atoms with E-state index in [1.165, 1.54) is 13.2 Å². The summed E-state index contributed by atoms with van der Waals surface area (Å²) in [7, 11) is 5.35. The van der Waals surface area contributed by atoms with Crippen LogP contribution in [0, 0.1) is 0 Å². The lowest BCUT2D eigenvalue weighted by Gasteiger charge is -2.17. The fourth-order valence-electron chi connectivity index (χ4n) is 3.42. The van der Waals surface area contributed by atoms with Crippen molar-refractivity contribution in [3.8, 4) is 11.5 Å². The predicted octanol–water partition coefficient (Wildman–Crippen LogP) is 5.58. The van der Waals surface area contributed by atoms with E-state index in [1.807, 2.05) is 49.3 Å². The normalized spacial score (nSPS) is 16.9. The minimum absolute atomic E-state index is 0.0183. The molecule has 2 aromatic rings. The van der Waals surface area contributed by atoms with Gasteiger partial charge in [0.05, 0.1) is 7.11 Å². The van der Waals surface area contributed by atoms with Crippen LogP contribution in [0.1, 0.15) is 30.4 Å². The molecule has 1 aliphatic rings. The summed E-state index contributed by atoms with van der Waals surface area (Å²) in [6, 6.07) is 12.7. The molecule has 0 unspecified atom stereocenters. The van der Waals surface area contributed by atoms with Crippen LogP contribution >= 0.6 is 0 Å². The SMILES string of the molecule is COc1cc(C=C2CCCC(=Cc3ccc(N(C)C)cc3)C2=O)ccc1OC(F)F. The third-order valence-corrected chi connectivity index (χ3v) is 4.97. The van der Waals surface area contributed by atoms with Crippen molar-refractivity contribution >= 4 is 23.6 Å². The molecule has 6 heteroatoms. The Hall–Kier alpha value is -3.15. The summed E-state index contributed by atoms with van der Waals surface area (Å²) in [5.41, 5.74) is 4.26. The molecule has 30 heavy (non-hydrogen) atoms. The first-order valence-corrected chi connectivity index (χ1v) is 9.73. The van der Waals surface area contributed by atoms with E-state index in [-0.39, 0.29) is 17.3 Å². The van der Waals surface area contributed by atoms with Gasteiger partial charge in [-0.25, -0.2) is 0 Å². The van der Waals surface area contributed by atoms with Crippen LogP contribution in [0.5, 0.6) is 11.5 Å². The molecule has 2 aromatic carbocycles. The molecule has 158 valence electrons. The highest BCUT2D eigenvalue weighted by atomic mass is 19.3. The fraction of sp³-hybridized carbons (Fsp3) is 0.292. The lowest BCUT2D eigenvalue weighted by atomic mass is 9.87. The van der Waals surface area contributed by atoms with Crippen molar-refractivity contribution in [2.45, 2.75) is 25.9 Å². The number of nitrogens with zero attached hydrogens (tertiary/aromatic N) is 1. The maximum atomic E-state index is 13.0. The molecule has 0 heterocycles. The summed E-state index contributed by atoms with van der Waals surface area (Å²) in [5, 5.41) is 0. The molecule has 3 rings (SSSR count). The summed E-state index contributed by atoms with van der Waals surface area (Å²) >= 11 is 0. The second-order valence-corrected chi connectivity index (χ2v) is 7.30. The van der Waals surface area contributed by atoms with Gasteiger partial charge in [-0.2, -0.15) is 8.78 Å². The molecule has 1 fully saturated rings. The third-order valence-electron chi connectivity index (χ3n) is 4.97. The number of benzene rings is 2. The number of methoxy groups -OCH3 is 1. The van der Waals surface area contributed by atoms with Crippen LogP contribution in [0.4, 0.5) is 14.5 Å². The van der Waals surface area contributed by atoms with E-state index in [0.717, 1.165) is 29.7 Å². The minimum Gasteiger partial charge on any atom is -0.493 e. The van der Waals surface area contributed by atoms with E-state index in [9.17, 15) is 13.6 Å². The molecule has 0 N–H and O–H groups in total. The minimum atomic E-state index is -2.93. The second kappa shape index (κ2) is 9.57. The van der Waals surface area contributed by atoms with Crippen LogP contribution in [-0.2, 0) is 4.79 Å². The smallest absolute Gasteiger partial charge is 0.387 e. The van der Waals surface area contributed by atoms with Crippen molar-refractivity contribution in [2.24, 2.45) is 0 Å². The van der Waals surface area contributed by atoms with Gasteiger partial charge in [0.2, 0.25) is 0 Å². The van der Waals surface area contributed by atoms with Crippen molar-refractivity contribution in [3.63, 3.8) is 0 Å². The maximum absolute atomic E-state index is 13.0. The molecule has 1 aliphatic carbocycles. The highest BCUT2D eigenvalue weighted by molar-refractivity contribution is 6.14. The van der Waals surface area contributed by atoms with E-state index >= 15 is 0 Å². The van der Waals surface area contributed by atoms with Crippen molar-refractivity contribution in [3.05, 3.63) is 64.7 Å². The van der Waals surface area contributed by atoms with Gasteiger partial charge in [0, 0.05) is 30.9 Å². The Bertz CT molecular complexity index is 963. The third kappa shape index (κ3) is 5.26. The van der Waals surface area contributed by atoms with Gasteiger partial charge in [0.1, 0.15) is 0 Å². The van der Waals surface area contributed by atoms with Crippen LogP contribution < -0.4 is 14.4 Å². The Balaban J connectivity index is 1.83. The molecule has 0 spiro atoms. The zero-order valence-electron chi connectivity index (χ0n) is 17.3. The largest absolute Gasteiger partial charge is 0.493 e. The van der Waals surface area contributed by atoms with E-state index < -0.39 is 6.61 Å². The topological polar surface area (TPSA) is 38.8 Å². The molecule has 1 saturated carbocycles. The molecule has 0 aliphatic heterocycles. The van der Waals surface area contributed by atoms with Gasteiger partial charge in [-0.15, -0.1) is 0 Å². The highest BCUT2D eigenvalue weighted by Crippen LogP contribution is 2.32. The quantitative estimate of drug-likeness (QED) is 0.580. The molecule has 4 nitrogen and oxygen atoms in total. The molecule has 0 aromatic heterocycles. The molecule has 0 saturated heterocycles. The second-order valence-electron chi connectivity index (χ2n) is 7.30. The number of ketones is 1. The molecular weight excluding hydrogens is 388 g/mol. The summed E-state index contributed by atoms with van der Waals surface area (Å²) < 4.78 is 34.6. The Morgan fingerprint density at radius 1 is 0.933 bits per heavy atom. The zero-order valence-corrected chi connectivity index (χ0v) is 17.3. The Labute approximate surface area is 175 Å². The Morgan fingerprint density at radius 2 is 1.53 bits per heavy atom. The number of alkyl halides is 2. The molecule has 0 bridgehead atoms. The van der Waals surface area contributed by atoms with Gasteiger partial charge in [0.25, 0.3) is 0 Å². The van der Waals surface area contributed by atoms with Crippen LogP contribution in [0.25, 0.3) is 12.2 Å². The highest BCUT2D eigenvalue weighted by Gasteiger charge is 2.21. The number of anilines is 1. The Kier molecular flexibility index (Phi) is 6.87. The lowest BCUT2D eigenvalue weighted by Crippen LogP contribution is -2.12. The molecule has 0 radical (unpaired) electrons. The summed E-state index contributed by atoms with van der Waals surface area (Å²) in [6.07, 6.45) is 6.01. The lowest BCUT2D eigenvalue weighted by molar-refractivity contribution is -0.112. The average Bonchev–Trinajstić information content (AvgIpc) is 2.72. The number of rotatable bonds is 6. The first kappa shape index (κ1) is 21.6. The van der Waals surface area contributed by atoms with Gasteiger partial charge < -0.3 is 14.4 Å². The number of ether oxygens (including phenoxy) is 2. The molecule has 0 atom stereocenters. The molecule has 0 amide bonds. The van der Waals surface area contributed by atoms with Crippen molar-refractivity contribution in [2.75, 3.05) is 26.1 Å². The number of hydrogen-bond acceptors (Lipinski definition) is 4. The number of allylic oxidation sites excluding steroid dienone is 2. The van der Waals surface area contributed by atoms with E-state index in [0.29, 0.717) is 17.6 Å². The van der Waals surface area contributed by atoms with Gasteiger partial charge in [0.15, 0.2) is 17.3 Å². The first-order valence-electron chi connectivity index (χ1n) is 9.73. The van der Waals surface area contributed by atoms with E-state index in [2.05, 4.69) is 4.74 Å². The standard InChI is InChI=1S/C24H25F2NO3/c1-27(2)20-10-7-16(8-11-20)13-18-5-4-6-19(23(18)28)14-17-9-12-21(30-24(25)26)22(15-17)29-3/h7-15,24H,4-6H2,1-3H3. The summed E-state index contributed by atoms with van der Waals surface area (Å²) in [6.45, 7) is -2.93. The van der Waals surface area contributed by atoms with Crippen LogP contribution in [-0.4, -0.2) is 33.6 Å².